The molecule has 1 aromatic heterocycles. The molecule has 6 nitrogen and oxygen atoms in total. The number of aromatic nitrogens is 2. The summed E-state index contributed by atoms with van der Waals surface area (Å²) >= 11 is 0. The van der Waals surface area contributed by atoms with Gasteiger partial charge in [0.2, 0.25) is 0 Å². The minimum atomic E-state index is -0.295. The molecule has 0 fully saturated rings. The highest BCUT2D eigenvalue weighted by molar-refractivity contribution is 6.02. The molecule has 3 aromatic rings. The molecule has 0 saturated heterocycles. The summed E-state index contributed by atoms with van der Waals surface area (Å²) in [5.41, 5.74) is 3.40. The fraction of sp³-hybridized carbons (Fsp3) is 0.261. The second kappa shape index (κ2) is 7.91. The van der Waals surface area contributed by atoms with Crippen LogP contribution in [0.5, 0.6) is 5.75 Å². The SMILES string of the molecule is CC(C)Oc1ccc(NC(=O)c2cnc(N3c4ccccc4CC3C)cn2)cc1. The molecule has 0 spiro atoms. The summed E-state index contributed by atoms with van der Waals surface area (Å²) in [5.74, 6) is 1.22. The van der Waals surface area contributed by atoms with Crippen molar-refractivity contribution in [3.05, 3.63) is 72.2 Å². The third-order valence-electron chi connectivity index (χ3n) is 4.81. The van der Waals surface area contributed by atoms with Crippen LogP contribution in [-0.4, -0.2) is 28.0 Å². The number of rotatable bonds is 5. The van der Waals surface area contributed by atoms with Crippen LogP contribution >= 0.6 is 0 Å². The molecule has 0 bridgehead atoms. The Bertz CT molecular complexity index is 1000. The van der Waals surface area contributed by atoms with Crippen LogP contribution in [0.25, 0.3) is 0 Å². The van der Waals surface area contributed by atoms with Crippen LogP contribution in [0, 0.1) is 0 Å². The van der Waals surface area contributed by atoms with E-state index in [1.54, 1.807) is 18.3 Å². The summed E-state index contributed by atoms with van der Waals surface area (Å²) in [6, 6.07) is 15.9. The van der Waals surface area contributed by atoms with Gasteiger partial charge >= 0.3 is 0 Å². The minimum Gasteiger partial charge on any atom is -0.491 e. The molecule has 1 atom stereocenters. The fourth-order valence-corrected chi connectivity index (χ4v) is 3.56. The summed E-state index contributed by atoms with van der Waals surface area (Å²) < 4.78 is 5.61. The summed E-state index contributed by atoms with van der Waals surface area (Å²) in [6.45, 7) is 6.11. The van der Waals surface area contributed by atoms with Crippen LogP contribution in [0.2, 0.25) is 0 Å². The van der Waals surface area contributed by atoms with Gasteiger partial charge in [-0.1, -0.05) is 18.2 Å². The van der Waals surface area contributed by atoms with Gasteiger partial charge in [-0.25, -0.2) is 9.97 Å². The van der Waals surface area contributed by atoms with Gasteiger partial charge in [0.15, 0.2) is 5.82 Å². The van der Waals surface area contributed by atoms with Crippen molar-refractivity contribution in [2.45, 2.75) is 39.3 Å². The molecule has 1 unspecified atom stereocenters. The van der Waals surface area contributed by atoms with E-state index in [1.165, 1.54) is 11.8 Å². The number of nitrogens with zero attached hydrogens (tertiary/aromatic N) is 3. The molecule has 1 amide bonds. The Labute approximate surface area is 170 Å². The van der Waals surface area contributed by atoms with Crippen LogP contribution in [0.1, 0.15) is 36.8 Å². The number of para-hydroxylation sites is 1. The van der Waals surface area contributed by atoms with E-state index in [0.717, 1.165) is 23.7 Å². The monoisotopic (exact) mass is 388 g/mol. The zero-order valence-electron chi connectivity index (χ0n) is 16.8. The smallest absolute Gasteiger partial charge is 0.275 e. The maximum atomic E-state index is 12.5. The van der Waals surface area contributed by atoms with Crippen LogP contribution in [-0.2, 0) is 6.42 Å². The highest BCUT2D eigenvalue weighted by Crippen LogP contribution is 2.36. The number of nitrogens with one attached hydrogen (secondary N) is 1. The summed E-state index contributed by atoms with van der Waals surface area (Å²) in [5, 5.41) is 2.84. The average molecular weight is 388 g/mol. The van der Waals surface area contributed by atoms with E-state index in [-0.39, 0.29) is 17.7 Å². The lowest BCUT2D eigenvalue weighted by Crippen LogP contribution is -2.25. The summed E-state index contributed by atoms with van der Waals surface area (Å²) in [6.07, 6.45) is 4.26. The van der Waals surface area contributed by atoms with E-state index >= 15 is 0 Å². The van der Waals surface area contributed by atoms with Crippen LogP contribution < -0.4 is 15.0 Å². The second-order valence-electron chi connectivity index (χ2n) is 7.46. The Morgan fingerprint density at radius 3 is 2.55 bits per heavy atom. The molecule has 0 radical (unpaired) electrons. The van der Waals surface area contributed by atoms with Crippen molar-refractivity contribution < 1.29 is 9.53 Å². The van der Waals surface area contributed by atoms with E-state index in [9.17, 15) is 4.79 Å². The highest BCUT2D eigenvalue weighted by Gasteiger charge is 2.27. The van der Waals surface area contributed by atoms with Gasteiger partial charge in [0.25, 0.3) is 5.91 Å². The van der Waals surface area contributed by atoms with Gasteiger partial charge in [-0.3, -0.25) is 4.79 Å². The lowest BCUT2D eigenvalue weighted by atomic mass is 10.1. The number of fused-ring (bicyclic) bond motifs is 1. The van der Waals surface area contributed by atoms with Gasteiger partial charge in [0.1, 0.15) is 11.4 Å². The second-order valence-corrected chi connectivity index (χ2v) is 7.46. The number of hydrogen-bond acceptors (Lipinski definition) is 5. The first-order valence-electron chi connectivity index (χ1n) is 9.78. The fourth-order valence-electron chi connectivity index (χ4n) is 3.56. The Morgan fingerprint density at radius 2 is 1.86 bits per heavy atom. The predicted molar refractivity (Wildman–Crippen MR) is 114 cm³/mol. The normalized spacial score (nSPS) is 15.3. The number of carbonyl (C=O) groups excluding carboxylic acids is 1. The average Bonchev–Trinajstić information content (AvgIpc) is 3.05. The van der Waals surface area contributed by atoms with Gasteiger partial charge in [-0.15, -0.1) is 0 Å². The number of benzene rings is 2. The molecular formula is C23H24N4O2. The molecule has 6 heteroatoms. The van der Waals surface area contributed by atoms with Gasteiger partial charge in [0, 0.05) is 17.4 Å². The molecular weight excluding hydrogens is 364 g/mol. The van der Waals surface area contributed by atoms with Crippen molar-refractivity contribution in [1.29, 1.82) is 0 Å². The van der Waals surface area contributed by atoms with Crippen LogP contribution in [0.15, 0.2) is 60.9 Å². The third kappa shape index (κ3) is 4.06. The summed E-state index contributed by atoms with van der Waals surface area (Å²) in [4.78, 5) is 23.5. The lowest BCUT2D eigenvalue weighted by molar-refractivity contribution is 0.102. The van der Waals surface area contributed by atoms with Gasteiger partial charge < -0.3 is 15.0 Å². The largest absolute Gasteiger partial charge is 0.491 e. The van der Waals surface area contributed by atoms with E-state index < -0.39 is 0 Å². The first-order chi connectivity index (χ1) is 14.0. The summed E-state index contributed by atoms with van der Waals surface area (Å²) in [7, 11) is 0. The Hall–Kier alpha value is -3.41. The minimum absolute atomic E-state index is 0.106. The van der Waals surface area contributed by atoms with E-state index in [1.807, 2.05) is 32.0 Å². The number of amides is 1. The van der Waals surface area contributed by atoms with Gasteiger partial charge in [0.05, 0.1) is 18.5 Å². The van der Waals surface area contributed by atoms with Gasteiger partial charge in [-0.2, -0.15) is 0 Å². The quantitative estimate of drug-likeness (QED) is 0.692. The van der Waals surface area contributed by atoms with Crippen molar-refractivity contribution in [1.82, 2.24) is 9.97 Å². The maximum absolute atomic E-state index is 12.5. The first kappa shape index (κ1) is 18.9. The number of carbonyl (C=O) groups is 1. The molecule has 1 aliphatic rings. The zero-order valence-corrected chi connectivity index (χ0v) is 16.8. The molecule has 0 saturated carbocycles. The molecule has 4 rings (SSSR count). The Balaban J connectivity index is 1.46. The van der Waals surface area contributed by atoms with Crippen molar-refractivity contribution in [3.63, 3.8) is 0 Å². The molecule has 2 heterocycles. The van der Waals surface area contributed by atoms with E-state index in [4.69, 9.17) is 4.74 Å². The number of hydrogen-bond donors (Lipinski definition) is 1. The van der Waals surface area contributed by atoms with Crippen LogP contribution in [0.4, 0.5) is 17.2 Å². The standard InChI is InChI=1S/C23H24N4O2/c1-15(2)29-19-10-8-18(9-11-19)26-23(28)20-13-25-22(14-24-20)27-16(3)12-17-6-4-5-7-21(17)27/h4-11,13-16H,12H2,1-3H3,(H,26,28). The first-order valence-corrected chi connectivity index (χ1v) is 9.78. The third-order valence-corrected chi connectivity index (χ3v) is 4.81. The molecule has 148 valence electrons. The van der Waals surface area contributed by atoms with E-state index in [0.29, 0.717) is 11.7 Å². The molecule has 1 aliphatic heterocycles. The lowest BCUT2D eigenvalue weighted by Gasteiger charge is -2.23. The highest BCUT2D eigenvalue weighted by atomic mass is 16.5. The molecule has 29 heavy (non-hydrogen) atoms. The Kier molecular flexibility index (Phi) is 5.16. The topological polar surface area (TPSA) is 67.3 Å². The zero-order chi connectivity index (χ0) is 20.4. The maximum Gasteiger partial charge on any atom is 0.275 e. The van der Waals surface area contributed by atoms with E-state index in [2.05, 4.69) is 45.3 Å². The number of anilines is 3. The molecule has 0 aliphatic carbocycles. The van der Waals surface area contributed by atoms with Crippen molar-refractivity contribution in [3.8, 4) is 5.75 Å². The number of ether oxygens (including phenoxy) is 1. The predicted octanol–water partition coefficient (Wildman–Crippen LogP) is 4.60. The molecule has 1 N–H and O–H groups in total. The van der Waals surface area contributed by atoms with Crippen LogP contribution in [0.3, 0.4) is 0 Å². The van der Waals surface area contributed by atoms with Crippen molar-refractivity contribution in [2.24, 2.45) is 0 Å². The van der Waals surface area contributed by atoms with Crippen molar-refractivity contribution in [2.75, 3.05) is 10.2 Å². The van der Waals surface area contributed by atoms with Crippen molar-refractivity contribution >= 4 is 23.1 Å². The Morgan fingerprint density at radius 1 is 1.10 bits per heavy atom. The van der Waals surface area contributed by atoms with Gasteiger partial charge in [-0.05, 0) is 63.1 Å². The molecule has 2 aromatic carbocycles.